The fourth-order valence-corrected chi connectivity index (χ4v) is 1.81. The first-order chi connectivity index (χ1) is 8.74. The van der Waals surface area contributed by atoms with Crippen molar-refractivity contribution in [1.82, 2.24) is 10.2 Å². The van der Waals surface area contributed by atoms with Crippen LogP contribution < -0.4 is 5.32 Å². The highest BCUT2D eigenvalue weighted by molar-refractivity contribution is 4.67. The van der Waals surface area contributed by atoms with E-state index in [1.165, 1.54) is 6.42 Å². The molecule has 1 atom stereocenters. The highest BCUT2D eigenvalue weighted by Gasteiger charge is 2.09. The van der Waals surface area contributed by atoms with Crippen LogP contribution in [0.15, 0.2) is 0 Å². The maximum atomic E-state index is 5.43. The zero-order chi connectivity index (χ0) is 13.6. The van der Waals surface area contributed by atoms with Crippen molar-refractivity contribution in [3.63, 3.8) is 0 Å². The van der Waals surface area contributed by atoms with Crippen molar-refractivity contribution >= 4 is 0 Å². The van der Waals surface area contributed by atoms with E-state index < -0.39 is 0 Å². The van der Waals surface area contributed by atoms with E-state index in [4.69, 9.17) is 9.47 Å². The number of nitrogens with zero attached hydrogens (tertiary/aromatic N) is 1. The van der Waals surface area contributed by atoms with E-state index in [2.05, 4.69) is 24.1 Å². The van der Waals surface area contributed by atoms with E-state index in [0.717, 1.165) is 52.6 Å². The average molecular weight is 260 g/mol. The molecule has 0 spiro atoms. The van der Waals surface area contributed by atoms with Gasteiger partial charge in [-0.15, -0.1) is 0 Å². The molecule has 18 heavy (non-hydrogen) atoms. The Kier molecular flexibility index (Phi) is 13.2. The third kappa shape index (κ3) is 11.0. The minimum Gasteiger partial charge on any atom is -0.380 e. The Hall–Kier alpha value is -0.160. The molecule has 0 bridgehead atoms. The van der Waals surface area contributed by atoms with Crippen molar-refractivity contribution in [3.05, 3.63) is 0 Å². The van der Waals surface area contributed by atoms with Gasteiger partial charge in [0.1, 0.15) is 0 Å². The Morgan fingerprint density at radius 1 is 1.00 bits per heavy atom. The van der Waals surface area contributed by atoms with Crippen LogP contribution in [0.5, 0.6) is 0 Å². The smallest absolute Gasteiger partial charge is 0.0593 e. The van der Waals surface area contributed by atoms with E-state index in [1.807, 2.05) is 13.8 Å². The van der Waals surface area contributed by atoms with Crippen molar-refractivity contribution in [1.29, 1.82) is 0 Å². The fourth-order valence-electron chi connectivity index (χ4n) is 1.81. The number of rotatable bonds is 13. The molecule has 1 N–H and O–H groups in total. The Morgan fingerprint density at radius 3 is 2.00 bits per heavy atom. The van der Waals surface area contributed by atoms with Crippen molar-refractivity contribution in [2.24, 2.45) is 0 Å². The SMILES string of the molecule is CCCNC(C)CN(CCOCC)CCOCC. The first-order valence-electron chi connectivity index (χ1n) is 7.35. The number of nitrogens with one attached hydrogen (secondary N) is 1. The Morgan fingerprint density at radius 2 is 1.56 bits per heavy atom. The van der Waals surface area contributed by atoms with E-state index in [1.54, 1.807) is 0 Å². The number of hydrogen-bond donors (Lipinski definition) is 1. The molecule has 0 fully saturated rings. The summed E-state index contributed by atoms with van der Waals surface area (Å²) in [6.07, 6.45) is 1.18. The highest BCUT2D eigenvalue weighted by Crippen LogP contribution is 1.94. The van der Waals surface area contributed by atoms with Gasteiger partial charge in [-0.05, 0) is 33.7 Å². The zero-order valence-corrected chi connectivity index (χ0v) is 12.7. The molecule has 0 aliphatic heterocycles. The largest absolute Gasteiger partial charge is 0.380 e. The summed E-state index contributed by atoms with van der Waals surface area (Å²) in [5, 5.41) is 3.52. The van der Waals surface area contributed by atoms with Gasteiger partial charge in [0.15, 0.2) is 0 Å². The van der Waals surface area contributed by atoms with Gasteiger partial charge in [-0.3, -0.25) is 4.90 Å². The first kappa shape index (κ1) is 17.8. The Labute approximate surface area is 113 Å². The lowest BCUT2D eigenvalue weighted by atomic mass is 10.3. The lowest BCUT2D eigenvalue weighted by molar-refractivity contribution is 0.0793. The molecule has 110 valence electrons. The van der Waals surface area contributed by atoms with E-state index in [9.17, 15) is 0 Å². The molecule has 0 heterocycles. The van der Waals surface area contributed by atoms with Crippen LogP contribution in [-0.4, -0.2) is 63.5 Å². The van der Waals surface area contributed by atoms with Crippen LogP contribution in [-0.2, 0) is 9.47 Å². The van der Waals surface area contributed by atoms with Crippen LogP contribution in [0.3, 0.4) is 0 Å². The molecule has 0 aliphatic rings. The van der Waals surface area contributed by atoms with Gasteiger partial charge in [0.05, 0.1) is 13.2 Å². The van der Waals surface area contributed by atoms with Crippen LogP contribution in [0.25, 0.3) is 0 Å². The van der Waals surface area contributed by atoms with Crippen LogP contribution in [0.2, 0.25) is 0 Å². The van der Waals surface area contributed by atoms with Crippen LogP contribution in [0, 0.1) is 0 Å². The predicted octanol–water partition coefficient (Wildman–Crippen LogP) is 1.75. The third-order valence-corrected chi connectivity index (χ3v) is 2.79. The van der Waals surface area contributed by atoms with Gasteiger partial charge in [-0.25, -0.2) is 0 Å². The van der Waals surface area contributed by atoms with Crippen LogP contribution >= 0.6 is 0 Å². The highest BCUT2D eigenvalue weighted by atomic mass is 16.5. The molecule has 0 radical (unpaired) electrons. The van der Waals surface area contributed by atoms with Gasteiger partial charge in [0.25, 0.3) is 0 Å². The summed E-state index contributed by atoms with van der Waals surface area (Å²) in [6.45, 7) is 15.8. The Balaban J connectivity index is 3.85. The van der Waals surface area contributed by atoms with Crippen molar-refractivity contribution < 1.29 is 9.47 Å². The van der Waals surface area contributed by atoms with Crippen LogP contribution in [0.1, 0.15) is 34.1 Å². The second-order valence-electron chi connectivity index (χ2n) is 4.55. The van der Waals surface area contributed by atoms with Gasteiger partial charge in [0.2, 0.25) is 0 Å². The molecule has 0 amide bonds. The fraction of sp³-hybridized carbons (Fsp3) is 1.00. The number of hydrogen-bond acceptors (Lipinski definition) is 4. The molecule has 0 saturated carbocycles. The standard InChI is InChI=1S/C14H32N2O2/c1-5-8-15-14(4)13-16(9-11-17-6-2)10-12-18-7-3/h14-15H,5-13H2,1-4H3. The molecule has 0 saturated heterocycles. The maximum absolute atomic E-state index is 5.43. The molecule has 0 aromatic rings. The maximum Gasteiger partial charge on any atom is 0.0593 e. The molecule has 0 aromatic heterocycles. The first-order valence-corrected chi connectivity index (χ1v) is 7.35. The molecule has 0 aromatic carbocycles. The van der Waals surface area contributed by atoms with Gasteiger partial charge in [0, 0.05) is 38.9 Å². The third-order valence-electron chi connectivity index (χ3n) is 2.79. The van der Waals surface area contributed by atoms with E-state index in [-0.39, 0.29) is 0 Å². The molecule has 4 heteroatoms. The quantitative estimate of drug-likeness (QED) is 0.512. The second-order valence-corrected chi connectivity index (χ2v) is 4.55. The van der Waals surface area contributed by atoms with Crippen molar-refractivity contribution in [3.8, 4) is 0 Å². The lowest BCUT2D eigenvalue weighted by Gasteiger charge is -2.26. The summed E-state index contributed by atoms with van der Waals surface area (Å²) in [6, 6.07) is 0.521. The van der Waals surface area contributed by atoms with Crippen molar-refractivity contribution in [2.75, 3.05) is 52.6 Å². The number of ether oxygens (including phenoxy) is 2. The van der Waals surface area contributed by atoms with Gasteiger partial charge < -0.3 is 14.8 Å². The summed E-state index contributed by atoms with van der Waals surface area (Å²) in [5.41, 5.74) is 0. The summed E-state index contributed by atoms with van der Waals surface area (Å²) in [5.74, 6) is 0. The minimum absolute atomic E-state index is 0.521. The molecule has 0 aliphatic carbocycles. The van der Waals surface area contributed by atoms with Gasteiger partial charge in [-0.1, -0.05) is 6.92 Å². The summed E-state index contributed by atoms with van der Waals surface area (Å²) in [4.78, 5) is 2.42. The summed E-state index contributed by atoms with van der Waals surface area (Å²) < 4.78 is 10.9. The van der Waals surface area contributed by atoms with E-state index >= 15 is 0 Å². The van der Waals surface area contributed by atoms with E-state index in [0.29, 0.717) is 6.04 Å². The second kappa shape index (κ2) is 13.3. The van der Waals surface area contributed by atoms with Gasteiger partial charge >= 0.3 is 0 Å². The topological polar surface area (TPSA) is 33.7 Å². The van der Waals surface area contributed by atoms with Gasteiger partial charge in [-0.2, -0.15) is 0 Å². The molecule has 4 nitrogen and oxygen atoms in total. The average Bonchev–Trinajstić information content (AvgIpc) is 2.36. The molecule has 0 rings (SSSR count). The summed E-state index contributed by atoms with van der Waals surface area (Å²) in [7, 11) is 0. The monoisotopic (exact) mass is 260 g/mol. The Bertz CT molecular complexity index is 158. The lowest BCUT2D eigenvalue weighted by Crippen LogP contribution is -2.42. The van der Waals surface area contributed by atoms with Crippen LogP contribution in [0.4, 0.5) is 0 Å². The molecular weight excluding hydrogens is 228 g/mol. The molecule has 1 unspecified atom stereocenters. The summed E-state index contributed by atoms with van der Waals surface area (Å²) >= 11 is 0. The zero-order valence-electron chi connectivity index (χ0n) is 12.7. The predicted molar refractivity (Wildman–Crippen MR) is 77.2 cm³/mol. The molecular formula is C14H32N2O2. The van der Waals surface area contributed by atoms with Crippen molar-refractivity contribution in [2.45, 2.75) is 40.2 Å². The normalized spacial score (nSPS) is 13.2. The minimum atomic E-state index is 0.521.